The topological polar surface area (TPSA) is 108 Å². The Morgan fingerprint density at radius 2 is 1.91 bits per heavy atom. The summed E-state index contributed by atoms with van der Waals surface area (Å²) < 4.78 is 0. The molecule has 0 bridgehead atoms. The van der Waals surface area contributed by atoms with Gasteiger partial charge in [0.1, 0.15) is 0 Å². The lowest BCUT2D eigenvalue weighted by atomic mass is 10.1. The zero-order valence-electron chi connectivity index (χ0n) is 18.8. The zero-order chi connectivity index (χ0) is 24.4. The van der Waals surface area contributed by atoms with Crippen LogP contribution in [0.2, 0.25) is 5.02 Å². The summed E-state index contributed by atoms with van der Waals surface area (Å²) in [5.74, 6) is 0.165. The molecular weight excluding hydrogens is 468 g/mol. The maximum atomic E-state index is 12.9. The number of benzene rings is 2. The maximum absolute atomic E-state index is 12.9. The monoisotopic (exact) mass is 490 g/mol. The van der Waals surface area contributed by atoms with E-state index in [0.717, 1.165) is 29.6 Å². The molecule has 1 fully saturated rings. The molecule has 3 aromatic rings. The third-order valence-corrected chi connectivity index (χ3v) is 6.32. The lowest BCUT2D eigenvalue weighted by Crippen LogP contribution is -2.34. The highest BCUT2D eigenvalue weighted by atomic mass is 35.5. The van der Waals surface area contributed by atoms with Crippen molar-refractivity contribution in [2.45, 2.75) is 12.8 Å². The van der Waals surface area contributed by atoms with Crippen LogP contribution in [0.4, 0.5) is 17.3 Å². The predicted molar refractivity (Wildman–Crippen MR) is 133 cm³/mol. The smallest absolute Gasteiger partial charge is 0.253 e. The Hall–Kier alpha value is -3.98. The van der Waals surface area contributed by atoms with Crippen molar-refractivity contribution in [3.05, 3.63) is 64.8 Å². The first-order valence-corrected chi connectivity index (χ1v) is 11.7. The zero-order valence-corrected chi connectivity index (χ0v) is 19.6. The molecule has 0 saturated carbocycles. The molecule has 2 N–H and O–H groups in total. The fraction of sp³-hybridized carbons (Fsp3) is 0.240. The highest BCUT2D eigenvalue weighted by Gasteiger charge is 2.22. The molecule has 3 amide bonds. The second kappa shape index (κ2) is 9.71. The number of fused-ring (bicyclic) bond motifs is 3. The molecule has 0 spiro atoms. The van der Waals surface area contributed by atoms with Gasteiger partial charge in [-0.3, -0.25) is 14.4 Å². The minimum absolute atomic E-state index is 0.0574. The molecule has 0 unspecified atom stereocenters. The van der Waals surface area contributed by atoms with Crippen molar-refractivity contribution in [3.8, 4) is 11.3 Å². The molecule has 0 radical (unpaired) electrons. The highest BCUT2D eigenvalue weighted by Crippen LogP contribution is 2.34. The Balaban J connectivity index is 1.34. The van der Waals surface area contributed by atoms with Crippen molar-refractivity contribution < 1.29 is 14.4 Å². The summed E-state index contributed by atoms with van der Waals surface area (Å²) in [6.07, 6.45) is 3.41. The fourth-order valence-electron chi connectivity index (χ4n) is 4.28. The molecule has 0 aliphatic carbocycles. The van der Waals surface area contributed by atoms with Crippen LogP contribution in [0.25, 0.3) is 11.3 Å². The lowest BCUT2D eigenvalue weighted by Gasteiger charge is -2.20. The number of anilines is 3. The normalized spacial score (nSPS) is 15.3. The summed E-state index contributed by atoms with van der Waals surface area (Å²) in [6, 6.07) is 12.4. The van der Waals surface area contributed by atoms with Gasteiger partial charge in [-0.05, 0) is 48.9 Å². The summed E-state index contributed by atoms with van der Waals surface area (Å²) in [6.45, 7) is 2.35. The molecule has 2 aromatic carbocycles. The summed E-state index contributed by atoms with van der Waals surface area (Å²) in [5, 5.41) is 6.56. The van der Waals surface area contributed by atoms with Crippen LogP contribution in [0.5, 0.6) is 0 Å². The average Bonchev–Trinajstić information content (AvgIpc) is 3.18. The van der Waals surface area contributed by atoms with E-state index in [2.05, 4.69) is 20.6 Å². The Labute approximate surface area is 207 Å². The summed E-state index contributed by atoms with van der Waals surface area (Å²) in [5.41, 5.74) is 4.06. The third kappa shape index (κ3) is 4.95. The van der Waals surface area contributed by atoms with Crippen LogP contribution < -0.4 is 10.6 Å². The van der Waals surface area contributed by atoms with Crippen molar-refractivity contribution in [2.75, 3.05) is 36.8 Å². The van der Waals surface area contributed by atoms with Crippen LogP contribution in [-0.2, 0) is 16.0 Å². The van der Waals surface area contributed by atoms with E-state index in [9.17, 15) is 14.4 Å². The number of hydrogen-bond acceptors (Lipinski definition) is 6. The van der Waals surface area contributed by atoms with Crippen LogP contribution in [0.1, 0.15) is 22.3 Å². The number of halogens is 1. The van der Waals surface area contributed by atoms with Gasteiger partial charge in [0.05, 0.1) is 17.8 Å². The van der Waals surface area contributed by atoms with Gasteiger partial charge in [-0.1, -0.05) is 11.6 Å². The Kier molecular flexibility index (Phi) is 6.33. The van der Waals surface area contributed by atoms with Crippen molar-refractivity contribution in [1.82, 2.24) is 19.8 Å². The fourth-order valence-corrected chi connectivity index (χ4v) is 4.45. The molecule has 2 aliphatic heterocycles. The number of rotatable bonds is 4. The molecule has 3 heterocycles. The molecule has 9 nitrogen and oxygen atoms in total. The number of nitrogens with zero attached hydrogens (tertiary/aromatic N) is 4. The second-order valence-corrected chi connectivity index (χ2v) is 8.91. The first-order chi connectivity index (χ1) is 17.0. The van der Waals surface area contributed by atoms with Gasteiger partial charge in [-0.25, -0.2) is 9.97 Å². The largest absolute Gasteiger partial charge is 0.343 e. The molecule has 0 atom stereocenters. The van der Waals surface area contributed by atoms with E-state index >= 15 is 0 Å². The second-order valence-electron chi connectivity index (χ2n) is 8.47. The van der Waals surface area contributed by atoms with E-state index in [-0.39, 0.29) is 18.2 Å². The van der Waals surface area contributed by atoms with Crippen LogP contribution in [0.3, 0.4) is 0 Å². The molecule has 35 heavy (non-hydrogen) atoms. The van der Waals surface area contributed by atoms with Crippen LogP contribution >= 0.6 is 11.6 Å². The highest BCUT2D eigenvalue weighted by molar-refractivity contribution is 6.31. The van der Waals surface area contributed by atoms with E-state index in [1.54, 1.807) is 52.4 Å². The summed E-state index contributed by atoms with van der Waals surface area (Å²) in [7, 11) is 0. The number of hydrogen-bond donors (Lipinski definition) is 2. The van der Waals surface area contributed by atoms with Gasteiger partial charge in [0, 0.05) is 59.8 Å². The van der Waals surface area contributed by atoms with E-state index in [0.29, 0.717) is 54.1 Å². The maximum Gasteiger partial charge on any atom is 0.253 e. The Morgan fingerprint density at radius 3 is 2.71 bits per heavy atom. The quantitative estimate of drug-likeness (QED) is 0.543. The first kappa shape index (κ1) is 22.8. The van der Waals surface area contributed by atoms with Crippen molar-refractivity contribution in [1.29, 1.82) is 0 Å². The number of amides is 3. The minimum atomic E-state index is -0.153. The summed E-state index contributed by atoms with van der Waals surface area (Å²) >= 11 is 6.11. The summed E-state index contributed by atoms with van der Waals surface area (Å²) in [4.78, 5) is 48.7. The van der Waals surface area contributed by atoms with Crippen molar-refractivity contribution in [3.63, 3.8) is 0 Å². The average molecular weight is 491 g/mol. The minimum Gasteiger partial charge on any atom is -0.343 e. The van der Waals surface area contributed by atoms with Crippen LogP contribution in [0, 0.1) is 0 Å². The van der Waals surface area contributed by atoms with Gasteiger partial charge >= 0.3 is 0 Å². The van der Waals surface area contributed by atoms with E-state index in [4.69, 9.17) is 11.6 Å². The standard InChI is InChI=1S/C25H23ClN6O3/c26-18-4-7-20-21(13-18)29-22(34)12-17-14-27-25(30-23(17)20)28-19-5-2-16(3-6-19)24(35)32-9-1-8-31(15-33)10-11-32/h2-7,13-15H,1,8-12H2,(H,29,34)(H,27,28,30). The number of carbonyl (C=O) groups excluding carboxylic acids is 3. The molecule has 1 saturated heterocycles. The van der Waals surface area contributed by atoms with Crippen LogP contribution in [-0.4, -0.2) is 64.2 Å². The molecule has 178 valence electrons. The van der Waals surface area contributed by atoms with Gasteiger partial charge < -0.3 is 20.4 Å². The van der Waals surface area contributed by atoms with Gasteiger partial charge in [0.15, 0.2) is 0 Å². The molecule has 10 heteroatoms. The van der Waals surface area contributed by atoms with Gasteiger partial charge in [-0.2, -0.15) is 0 Å². The first-order valence-electron chi connectivity index (χ1n) is 11.3. The number of nitrogens with one attached hydrogen (secondary N) is 2. The van der Waals surface area contributed by atoms with E-state index < -0.39 is 0 Å². The van der Waals surface area contributed by atoms with Gasteiger partial charge in [-0.15, -0.1) is 0 Å². The SMILES string of the molecule is O=CN1CCCN(C(=O)c2ccc(Nc3ncc4c(n3)-c3ccc(Cl)cc3NC(=O)C4)cc2)CC1. The molecular formula is C25H23ClN6O3. The van der Waals surface area contributed by atoms with Crippen LogP contribution in [0.15, 0.2) is 48.7 Å². The molecule has 1 aromatic heterocycles. The third-order valence-electron chi connectivity index (χ3n) is 6.08. The molecule has 5 rings (SSSR count). The van der Waals surface area contributed by atoms with Crippen molar-refractivity contribution >= 4 is 47.1 Å². The number of carbonyl (C=O) groups is 3. The van der Waals surface area contributed by atoms with Crippen molar-refractivity contribution in [2.24, 2.45) is 0 Å². The van der Waals surface area contributed by atoms with Gasteiger partial charge in [0.25, 0.3) is 5.91 Å². The van der Waals surface area contributed by atoms with E-state index in [1.807, 2.05) is 6.07 Å². The number of aromatic nitrogens is 2. The Bertz CT molecular complexity index is 1300. The predicted octanol–water partition coefficient (Wildman–Crippen LogP) is 3.34. The lowest BCUT2D eigenvalue weighted by molar-refractivity contribution is -0.118. The molecule has 2 aliphatic rings. The van der Waals surface area contributed by atoms with E-state index in [1.165, 1.54) is 0 Å². The van der Waals surface area contributed by atoms with Gasteiger partial charge in [0.2, 0.25) is 18.3 Å². The Morgan fingerprint density at radius 1 is 1.09 bits per heavy atom.